The van der Waals surface area contributed by atoms with Crippen LogP contribution in [0.3, 0.4) is 0 Å². The molecule has 196 valence electrons. The van der Waals surface area contributed by atoms with Crippen LogP contribution in [-0.2, 0) is 22.0 Å². The Balaban J connectivity index is 1.21. The molecule has 5 saturated carbocycles. The van der Waals surface area contributed by atoms with Gasteiger partial charge in [0.1, 0.15) is 11.7 Å². The monoisotopic (exact) mass is 519 g/mol. The molecule has 37 heavy (non-hydrogen) atoms. The number of aliphatic hydroxyl groups is 1. The van der Waals surface area contributed by atoms with Gasteiger partial charge in [-0.1, -0.05) is 12.1 Å². The summed E-state index contributed by atoms with van der Waals surface area (Å²) in [7, 11) is 1.85. The molecular weight excluding hydrogens is 482 g/mol. The minimum atomic E-state index is -0.863. The number of thiophene rings is 1. The standard InChI is InChI=1S/C31H37NO4S/c1-27(34,10-9-19-4-3-13-37-19)22-14-29-11-12-31(22,35-2)26-30(29)16-28(17-32(25(28)29)15-18-5-6-18)20-7-8-21(33)24(36-26)23(20)30/h3-4,7-8,13,18,22,25-26,33-34H,5-6,9-12,14-17H2,1-2H3/t22?,25-,26-,27-,28?,29-,30+,31-/m1/s1. The van der Waals surface area contributed by atoms with Gasteiger partial charge in [0.15, 0.2) is 11.5 Å². The van der Waals surface area contributed by atoms with Gasteiger partial charge in [0.2, 0.25) is 0 Å². The summed E-state index contributed by atoms with van der Waals surface area (Å²) in [5.74, 6) is 1.86. The maximum Gasteiger partial charge on any atom is 0.165 e. The van der Waals surface area contributed by atoms with Gasteiger partial charge in [-0.05, 0) is 87.3 Å². The number of hydrogen-bond acceptors (Lipinski definition) is 6. The number of ether oxygens (including phenoxy) is 2. The third kappa shape index (κ3) is 2.26. The number of phenols is 1. The molecule has 1 saturated heterocycles. The molecule has 2 N–H and O–H groups in total. The number of fused-ring (bicyclic) bond motifs is 2. The minimum Gasteiger partial charge on any atom is -0.504 e. The smallest absolute Gasteiger partial charge is 0.165 e. The van der Waals surface area contributed by atoms with Crippen molar-refractivity contribution in [2.24, 2.45) is 17.3 Å². The van der Waals surface area contributed by atoms with E-state index in [1.807, 2.05) is 13.2 Å². The number of methoxy groups -OCH3 is 1. The lowest BCUT2D eigenvalue weighted by atomic mass is 9.37. The molecule has 1 aromatic heterocycles. The van der Waals surface area contributed by atoms with Crippen molar-refractivity contribution in [2.75, 3.05) is 20.2 Å². The Hall–Kier alpha value is -1.60. The summed E-state index contributed by atoms with van der Waals surface area (Å²) in [6.07, 6.45) is 8.37. The SMILES string of the molecule is CO[C@]12CC[C@@]3(CC1[C@](C)(O)CCc1cccs1)[C@@H]1N(CC4CC4)CC14C[C@@]31c3c4ccc(O)c3O[C@H]12. The minimum absolute atomic E-state index is 0.00554. The molecule has 3 heterocycles. The van der Waals surface area contributed by atoms with Crippen molar-refractivity contribution >= 4 is 11.3 Å². The van der Waals surface area contributed by atoms with E-state index in [9.17, 15) is 10.2 Å². The van der Waals surface area contributed by atoms with Gasteiger partial charge in [0, 0.05) is 58.8 Å². The Kier molecular flexibility index (Phi) is 3.95. The Labute approximate surface area is 222 Å². The molecule has 8 atom stereocenters. The number of hydrogen-bond donors (Lipinski definition) is 2. The summed E-state index contributed by atoms with van der Waals surface area (Å²) >= 11 is 1.78. The topological polar surface area (TPSA) is 62.2 Å². The van der Waals surface area contributed by atoms with E-state index in [4.69, 9.17) is 9.47 Å². The molecule has 6 fully saturated rings. The van der Waals surface area contributed by atoms with Gasteiger partial charge in [-0.25, -0.2) is 0 Å². The van der Waals surface area contributed by atoms with Crippen molar-refractivity contribution < 1.29 is 19.7 Å². The fourth-order valence-electron chi connectivity index (χ4n) is 11.3. The molecule has 1 aromatic carbocycles. The second-order valence-electron chi connectivity index (χ2n) is 13.9. The van der Waals surface area contributed by atoms with Crippen molar-refractivity contribution in [2.45, 2.75) is 92.5 Å². The number of benzene rings is 1. The second kappa shape index (κ2) is 6.57. The van der Waals surface area contributed by atoms with Crippen LogP contribution >= 0.6 is 11.3 Å². The molecular formula is C31H37NO4S. The fourth-order valence-corrected chi connectivity index (χ4v) is 12.0. The highest BCUT2D eigenvalue weighted by Crippen LogP contribution is 2.86. The van der Waals surface area contributed by atoms with Crippen molar-refractivity contribution in [3.05, 3.63) is 45.6 Å². The van der Waals surface area contributed by atoms with Crippen LogP contribution in [0, 0.1) is 17.3 Å². The first-order chi connectivity index (χ1) is 17.8. The highest BCUT2D eigenvalue weighted by atomic mass is 32.1. The maximum atomic E-state index is 12.3. The molecule has 2 aromatic rings. The number of phenolic OH excluding ortho intramolecular Hbond substituents is 1. The van der Waals surface area contributed by atoms with Crippen LogP contribution in [0.1, 0.15) is 67.9 Å². The highest BCUT2D eigenvalue weighted by Gasteiger charge is 2.90. The zero-order valence-corrected chi connectivity index (χ0v) is 22.7. The number of rotatable bonds is 7. The van der Waals surface area contributed by atoms with Crippen LogP contribution in [0.4, 0.5) is 0 Å². The van der Waals surface area contributed by atoms with Gasteiger partial charge in [-0.15, -0.1) is 11.3 Å². The van der Waals surface area contributed by atoms with Crippen LogP contribution < -0.4 is 4.74 Å². The third-order valence-electron chi connectivity index (χ3n) is 12.5. The zero-order chi connectivity index (χ0) is 25.0. The Morgan fingerprint density at radius 1 is 1.24 bits per heavy atom. The molecule has 3 spiro atoms. The van der Waals surface area contributed by atoms with Gasteiger partial charge in [0.25, 0.3) is 0 Å². The summed E-state index contributed by atoms with van der Waals surface area (Å²) < 4.78 is 13.5. The highest BCUT2D eigenvalue weighted by molar-refractivity contribution is 7.09. The van der Waals surface area contributed by atoms with Crippen LogP contribution in [0.15, 0.2) is 29.6 Å². The van der Waals surface area contributed by atoms with Crippen LogP contribution in [0.5, 0.6) is 11.5 Å². The molecule has 5 nitrogen and oxygen atoms in total. The molecule has 0 amide bonds. The van der Waals surface area contributed by atoms with E-state index in [-0.39, 0.29) is 34.0 Å². The number of nitrogens with zero attached hydrogens (tertiary/aromatic N) is 1. The Morgan fingerprint density at radius 3 is 2.86 bits per heavy atom. The molecule has 0 radical (unpaired) electrons. The summed E-state index contributed by atoms with van der Waals surface area (Å²) in [5, 5.41) is 25.4. The first-order valence-electron chi connectivity index (χ1n) is 14.4. The molecule has 6 aliphatic carbocycles. The summed E-state index contributed by atoms with van der Waals surface area (Å²) in [5.41, 5.74) is 1.46. The van der Waals surface area contributed by atoms with E-state index >= 15 is 0 Å². The molecule has 10 rings (SSSR count). The zero-order valence-electron chi connectivity index (χ0n) is 21.8. The third-order valence-corrected chi connectivity index (χ3v) is 13.5. The van der Waals surface area contributed by atoms with Gasteiger partial charge in [0.05, 0.1) is 5.60 Å². The first kappa shape index (κ1) is 22.2. The van der Waals surface area contributed by atoms with E-state index in [1.165, 1.54) is 35.4 Å². The normalized spacial score (nSPS) is 45.3. The van der Waals surface area contributed by atoms with Crippen LogP contribution in [0.2, 0.25) is 0 Å². The molecule has 6 heteroatoms. The van der Waals surface area contributed by atoms with E-state index < -0.39 is 11.2 Å². The number of aromatic hydroxyl groups is 1. The quantitative estimate of drug-likeness (QED) is 0.552. The lowest BCUT2D eigenvalue weighted by Crippen LogP contribution is -2.80. The summed E-state index contributed by atoms with van der Waals surface area (Å²) in [4.78, 5) is 4.16. The van der Waals surface area contributed by atoms with E-state index in [1.54, 1.807) is 11.3 Å². The Morgan fingerprint density at radius 2 is 2.11 bits per heavy atom. The predicted octanol–water partition coefficient (Wildman–Crippen LogP) is 4.77. The van der Waals surface area contributed by atoms with Gasteiger partial charge in [-0.2, -0.15) is 0 Å². The molecule has 8 aliphatic rings. The molecule has 4 bridgehead atoms. The summed E-state index contributed by atoms with van der Waals surface area (Å²) in [6.45, 7) is 4.43. The van der Waals surface area contributed by atoms with Gasteiger partial charge >= 0.3 is 0 Å². The van der Waals surface area contributed by atoms with E-state index in [0.717, 1.165) is 56.7 Å². The van der Waals surface area contributed by atoms with Crippen molar-refractivity contribution in [1.29, 1.82) is 0 Å². The fraction of sp³-hybridized carbons (Fsp3) is 0.677. The molecule has 2 aliphatic heterocycles. The van der Waals surface area contributed by atoms with Crippen molar-refractivity contribution in [3.63, 3.8) is 0 Å². The predicted molar refractivity (Wildman–Crippen MR) is 141 cm³/mol. The van der Waals surface area contributed by atoms with Crippen molar-refractivity contribution in [1.82, 2.24) is 4.90 Å². The largest absolute Gasteiger partial charge is 0.504 e. The Bertz CT molecular complexity index is 1320. The first-order valence-corrected chi connectivity index (χ1v) is 15.3. The van der Waals surface area contributed by atoms with Crippen molar-refractivity contribution in [3.8, 4) is 11.5 Å². The average Bonchev–Trinajstić information content (AvgIpc) is 3.23. The van der Waals surface area contributed by atoms with E-state index in [2.05, 4.69) is 35.4 Å². The lowest BCUT2D eigenvalue weighted by molar-refractivity contribution is -0.284. The van der Waals surface area contributed by atoms with Gasteiger partial charge < -0.3 is 19.7 Å². The van der Waals surface area contributed by atoms with Crippen LogP contribution in [-0.4, -0.2) is 58.7 Å². The lowest BCUT2D eigenvalue weighted by Gasteiger charge is -2.72. The molecule has 2 unspecified atom stereocenters. The number of likely N-dealkylation sites (tertiary alicyclic amines) is 1. The van der Waals surface area contributed by atoms with Crippen LogP contribution in [0.25, 0.3) is 0 Å². The second-order valence-corrected chi connectivity index (χ2v) is 15.0. The maximum absolute atomic E-state index is 12.3. The van der Waals surface area contributed by atoms with E-state index in [0.29, 0.717) is 6.04 Å². The van der Waals surface area contributed by atoms with Gasteiger partial charge in [-0.3, -0.25) is 4.90 Å². The number of aryl methyl sites for hydroxylation is 1. The average molecular weight is 520 g/mol. The summed E-state index contributed by atoms with van der Waals surface area (Å²) in [6, 6.07) is 8.89.